The second-order valence-electron chi connectivity index (χ2n) is 5.23. The summed E-state index contributed by atoms with van der Waals surface area (Å²) in [5.41, 5.74) is 0. The van der Waals surface area contributed by atoms with E-state index in [-0.39, 0.29) is 24.2 Å². The van der Waals surface area contributed by atoms with E-state index in [9.17, 15) is 10.2 Å². The van der Waals surface area contributed by atoms with Crippen molar-refractivity contribution in [1.29, 1.82) is 0 Å². The third kappa shape index (κ3) is 3.05. The summed E-state index contributed by atoms with van der Waals surface area (Å²) in [5, 5.41) is 19.6. The van der Waals surface area contributed by atoms with Crippen LogP contribution < -0.4 is 0 Å². The number of hydrogen-bond acceptors (Lipinski definition) is 3. The first kappa shape index (κ1) is 12.1. The Balaban J connectivity index is 1.86. The molecule has 0 spiro atoms. The van der Waals surface area contributed by atoms with Crippen molar-refractivity contribution >= 4 is 6.21 Å². The molecule has 2 aliphatic rings. The van der Waals surface area contributed by atoms with Gasteiger partial charge in [0, 0.05) is 12.1 Å². The van der Waals surface area contributed by atoms with Crippen LogP contribution in [0.3, 0.4) is 0 Å². The summed E-state index contributed by atoms with van der Waals surface area (Å²) in [5.74, 6) is 0.225. The average Bonchev–Trinajstić information content (AvgIpc) is 2.30. The summed E-state index contributed by atoms with van der Waals surface area (Å²) < 4.78 is 0. The maximum Gasteiger partial charge on any atom is 0.0763 e. The normalized spacial score (nSPS) is 41.4. The van der Waals surface area contributed by atoms with E-state index in [1.165, 1.54) is 12.8 Å². The lowest BCUT2D eigenvalue weighted by Gasteiger charge is -2.27. The van der Waals surface area contributed by atoms with Gasteiger partial charge in [0.1, 0.15) is 0 Å². The van der Waals surface area contributed by atoms with Crippen LogP contribution in [-0.4, -0.2) is 34.7 Å². The summed E-state index contributed by atoms with van der Waals surface area (Å²) in [6.07, 6.45) is 9.92. The van der Waals surface area contributed by atoms with Gasteiger partial charge in [-0.25, -0.2) is 0 Å². The van der Waals surface area contributed by atoms with Crippen LogP contribution in [0.4, 0.5) is 0 Å². The van der Waals surface area contributed by atoms with Gasteiger partial charge in [-0.3, -0.25) is 4.99 Å². The Kier molecular flexibility index (Phi) is 4.36. The van der Waals surface area contributed by atoms with E-state index in [0.29, 0.717) is 0 Å². The Morgan fingerprint density at radius 1 is 0.812 bits per heavy atom. The first-order valence-electron chi connectivity index (χ1n) is 6.67. The highest BCUT2D eigenvalue weighted by Crippen LogP contribution is 2.25. The topological polar surface area (TPSA) is 52.8 Å². The van der Waals surface area contributed by atoms with E-state index in [0.717, 1.165) is 38.5 Å². The molecule has 3 nitrogen and oxygen atoms in total. The van der Waals surface area contributed by atoms with Gasteiger partial charge in [0.2, 0.25) is 0 Å². The first-order valence-corrected chi connectivity index (χ1v) is 6.67. The third-order valence-corrected chi connectivity index (χ3v) is 3.94. The fourth-order valence-corrected chi connectivity index (χ4v) is 2.80. The molecule has 0 aromatic rings. The molecular weight excluding hydrogens is 202 g/mol. The molecule has 2 saturated carbocycles. The second kappa shape index (κ2) is 5.78. The molecule has 16 heavy (non-hydrogen) atoms. The van der Waals surface area contributed by atoms with E-state index in [1.54, 1.807) is 0 Å². The number of aliphatic imine (C=N–C) groups is 1. The summed E-state index contributed by atoms with van der Waals surface area (Å²) in [4.78, 5) is 4.50. The Labute approximate surface area is 97.6 Å². The highest BCUT2D eigenvalue weighted by Gasteiger charge is 2.24. The van der Waals surface area contributed by atoms with Crippen molar-refractivity contribution in [3.8, 4) is 0 Å². The molecular formula is C13H23NO2. The average molecular weight is 225 g/mol. The number of hydrogen-bond donors (Lipinski definition) is 2. The van der Waals surface area contributed by atoms with Gasteiger partial charge in [0.15, 0.2) is 0 Å². The molecule has 0 saturated heterocycles. The van der Waals surface area contributed by atoms with Gasteiger partial charge in [0.25, 0.3) is 0 Å². The van der Waals surface area contributed by atoms with Crippen molar-refractivity contribution in [2.24, 2.45) is 10.9 Å². The lowest BCUT2D eigenvalue weighted by molar-refractivity contribution is 0.0987. The van der Waals surface area contributed by atoms with E-state index >= 15 is 0 Å². The highest BCUT2D eigenvalue weighted by atomic mass is 16.3. The summed E-state index contributed by atoms with van der Waals surface area (Å²) in [6.45, 7) is 0. The van der Waals surface area contributed by atoms with E-state index < -0.39 is 0 Å². The molecule has 4 atom stereocenters. The van der Waals surface area contributed by atoms with E-state index in [2.05, 4.69) is 4.99 Å². The first-order chi connectivity index (χ1) is 7.77. The van der Waals surface area contributed by atoms with E-state index in [1.807, 2.05) is 6.21 Å². The van der Waals surface area contributed by atoms with Gasteiger partial charge in [-0.15, -0.1) is 0 Å². The summed E-state index contributed by atoms with van der Waals surface area (Å²) in [7, 11) is 0. The van der Waals surface area contributed by atoms with Crippen molar-refractivity contribution in [3.63, 3.8) is 0 Å². The molecule has 2 fully saturated rings. The number of rotatable bonds is 2. The highest BCUT2D eigenvalue weighted by molar-refractivity contribution is 5.62. The molecule has 0 aromatic heterocycles. The Morgan fingerprint density at radius 3 is 2.12 bits per heavy atom. The third-order valence-electron chi connectivity index (χ3n) is 3.94. The zero-order valence-electron chi connectivity index (χ0n) is 9.89. The van der Waals surface area contributed by atoms with Crippen LogP contribution in [0.5, 0.6) is 0 Å². The van der Waals surface area contributed by atoms with Crippen molar-refractivity contribution in [3.05, 3.63) is 0 Å². The van der Waals surface area contributed by atoms with Gasteiger partial charge >= 0.3 is 0 Å². The van der Waals surface area contributed by atoms with Crippen molar-refractivity contribution in [2.45, 2.75) is 69.6 Å². The van der Waals surface area contributed by atoms with Gasteiger partial charge in [-0.05, 0) is 25.7 Å². The quantitative estimate of drug-likeness (QED) is 0.705. The minimum atomic E-state index is -0.259. The van der Waals surface area contributed by atoms with Crippen LogP contribution in [0.1, 0.15) is 51.4 Å². The summed E-state index contributed by atoms with van der Waals surface area (Å²) in [6, 6.07) is 0.0860. The largest absolute Gasteiger partial charge is 0.392 e. The summed E-state index contributed by atoms with van der Waals surface area (Å²) >= 11 is 0. The molecule has 2 aliphatic carbocycles. The molecule has 0 bridgehead atoms. The van der Waals surface area contributed by atoms with Crippen molar-refractivity contribution in [2.75, 3.05) is 0 Å². The molecule has 3 heteroatoms. The fourth-order valence-electron chi connectivity index (χ4n) is 2.80. The van der Waals surface area contributed by atoms with Gasteiger partial charge in [-0.2, -0.15) is 0 Å². The van der Waals surface area contributed by atoms with Gasteiger partial charge in [0.05, 0.1) is 18.2 Å². The predicted octanol–water partition coefficient (Wildman–Crippen LogP) is 1.91. The van der Waals surface area contributed by atoms with Gasteiger partial charge < -0.3 is 10.2 Å². The maximum absolute atomic E-state index is 9.81. The lowest BCUT2D eigenvalue weighted by atomic mass is 9.87. The maximum atomic E-state index is 9.81. The number of nitrogens with zero attached hydrogens (tertiary/aromatic N) is 1. The molecule has 0 aliphatic heterocycles. The minimum Gasteiger partial charge on any atom is -0.392 e. The van der Waals surface area contributed by atoms with Crippen molar-refractivity contribution in [1.82, 2.24) is 0 Å². The SMILES string of the molecule is OC1CCCCC1C=NC1CCCCC1O. The van der Waals surface area contributed by atoms with Crippen LogP contribution >= 0.6 is 0 Å². The van der Waals surface area contributed by atoms with Crippen LogP contribution in [0, 0.1) is 5.92 Å². The predicted molar refractivity (Wildman–Crippen MR) is 64.7 cm³/mol. The molecule has 0 amide bonds. The smallest absolute Gasteiger partial charge is 0.0763 e. The second-order valence-corrected chi connectivity index (χ2v) is 5.23. The van der Waals surface area contributed by atoms with Crippen LogP contribution in [-0.2, 0) is 0 Å². The Morgan fingerprint density at radius 2 is 1.44 bits per heavy atom. The van der Waals surface area contributed by atoms with E-state index in [4.69, 9.17) is 0 Å². The number of aliphatic hydroxyl groups excluding tert-OH is 2. The zero-order valence-corrected chi connectivity index (χ0v) is 9.89. The molecule has 2 N–H and O–H groups in total. The molecule has 0 aromatic carbocycles. The Bertz CT molecular complexity index is 218. The van der Waals surface area contributed by atoms with Gasteiger partial charge in [-0.1, -0.05) is 25.7 Å². The van der Waals surface area contributed by atoms with Crippen LogP contribution in [0.15, 0.2) is 4.99 Å². The molecule has 0 heterocycles. The van der Waals surface area contributed by atoms with Crippen molar-refractivity contribution < 1.29 is 10.2 Å². The Hall–Kier alpha value is -0.410. The van der Waals surface area contributed by atoms with Crippen LogP contribution in [0.25, 0.3) is 0 Å². The lowest BCUT2D eigenvalue weighted by Crippen LogP contribution is -2.30. The molecule has 2 rings (SSSR count). The standard InChI is InChI=1S/C13H23NO2/c15-12-7-3-1-5-10(12)9-14-11-6-2-4-8-13(11)16/h9-13,15-16H,1-8H2. The molecule has 92 valence electrons. The zero-order chi connectivity index (χ0) is 11.4. The number of aliphatic hydroxyl groups is 2. The minimum absolute atomic E-state index is 0.0860. The monoisotopic (exact) mass is 225 g/mol. The molecule has 0 radical (unpaired) electrons. The molecule has 4 unspecified atom stereocenters. The van der Waals surface area contributed by atoms with Crippen LogP contribution in [0.2, 0.25) is 0 Å². The fraction of sp³-hybridized carbons (Fsp3) is 0.923.